The summed E-state index contributed by atoms with van der Waals surface area (Å²) in [5, 5.41) is 27.4. The van der Waals surface area contributed by atoms with Crippen molar-refractivity contribution >= 4 is 17.8 Å². The van der Waals surface area contributed by atoms with Gasteiger partial charge in [0.25, 0.3) is 0 Å². The van der Waals surface area contributed by atoms with Crippen LogP contribution in [0.1, 0.15) is 0 Å². The van der Waals surface area contributed by atoms with E-state index in [9.17, 15) is 0 Å². The highest BCUT2D eigenvalue weighted by molar-refractivity contribution is 5.41. The molecule has 0 radical (unpaired) electrons. The van der Waals surface area contributed by atoms with Crippen molar-refractivity contribution in [3.05, 3.63) is 0 Å². The molecule has 0 amide bonds. The normalized spacial score (nSPS) is 10.2. The zero-order valence-electron chi connectivity index (χ0n) is 8.35. The van der Waals surface area contributed by atoms with Crippen LogP contribution in [0, 0.1) is 0 Å². The highest BCUT2D eigenvalue weighted by Gasteiger charge is 2.13. The molecular formula is C6H13N7O3. The van der Waals surface area contributed by atoms with E-state index >= 15 is 0 Å². The number of anilines is 3. The molecule has 10 heteroatoms. The predicted octanol–water partition coefficient (Wildman–Crippen LogP) is -3.21. The Balaban J connectivity index is 3.06. The van der Waals surface area contributed by atoms with E-state index in [2.05, 4.69) is 15.0 Å². The number of nitrogen functional groups attached to an aromatic ring is 1. The predicted molar refractivity (Wildman–Crippen MR) is 54.6 cm³/mol. The van der Waals surface area contributed by atoms with Crippen molar-refractivity contribution in [3.8, 4) is 0 Å². The molecule has 90 valence electrons. The lowest BCUT2D eigenvalue weighted by Crippen LogP contribution is -2.35. The van der Waals surface area contributed by atoms with Gasteiger partial charge < -0.3 is 21.1 Å². The van der Waals surface area contributed by atoms with Crippen LogP contribution in [-0.2, 0) is 0 Å². The fourth-order valence-electron chi connectivity index (χ4n) is 0.874. The molecule has 1 rings (SSSR count). The van der Waals surface area contributed by atoms with Crippen LogP contribution in [0.25, 0.3) is 0 Å². The summed E-state index contributed by atoms with van der Waals surface area (Å²) in [7, 11) is 0. The lowest BCUT2D eigenvalue weighted by Gasteiger charge is -2.19. The average molecular weight is 231 g/mol. The summed E-state index contributed by atoms with van der Waals surface area (Å²) < 4.78 is 0. The smallest absolute Gasteiger partial charge is 0.248 e. The second-order valence-corrected chi connectivity index (χ2v) is 2.73. The molecule has 0 unspecified atom stereocenters. The molecule has 0 aromatic carbocycles. The van der Waals surface area contributed by atoms with E-state index in [0.717, 1.165) is 9.91 Å². The van der Waals surface area contributed by atoms with Gasteiger partial charge in [0, 0.05) is 0 Å². The number of aromatic nitrogens is 3. The molecular weight excluding hydrogens is 218 g/mol. The first-order valence-corrected chi connectivity index (χ1v) is 4.23. The quantitative estimate of drug-likeness (QED) is 0.198. The molecule has 1 aromatic rings. The Kier molecular flexibility index (Phi) is 4.13. The first kappa shape index (κ1) is 12.3. The maximum absolute atomic E-state index is 8.89. The molecule has 0 bridgehead atoms. The van der Waals surface area contributed by atoms with Gasteiger partial charge in [0.05, 0.1) is 0 Å². The molecule has 0 saturated carbocycles. The van der Waals surface area contributed by atoms with Crippen LogP contribution in [0.15, 0.2) is 0 Å². The Morgan fingerprint density at radius 2 is 1.50 bits per heavy atom. The number of hydrogen-bond donors (Lipinski definition) is 5. The highest BCUT2D eigenvalue weighted by Crippen LogP contribution is 2.12. The van der Waals surface area contributed by atoms with Crippen LogP contribution in [0.4, 0.5) is 17.8 Å². The maximum Gasteiger partial charge on any atom is 0.248 e. The van der Waals surface area contributed by atoms with Crippen molar-refractivity contribution in [2.75, 3.05) is 35.8 Å². The number of hydrogen-bond acceptors (Lipinski definition) is 10. The topological polar surface area (TPSA) is 158 Å². The van der Waals surface area contributed by atoms with Gasteiger partial charge in [-0.15, -0.1) is 0 Å². The van der Waals surface area contributed by atoms with Gasteiger partial charge >= 0.3 is 0 Å². The number of hydrazine groups is 1. The lowest BCUT2D eigenvalue weighted by atomic mass is 10.7. The van der Waals surface area contributed by atoms with E-state index in [1.165, 1.54) is 0 Å². The monoisotopic (exact) mass is 231 g/mol. The van der Waals surface area contributed by atoms with Gasteiger partial charge in [-0.25, -0.2) is 5.84 Å². The third kappa shape index (κ3) is 2.64. The zero-order valence-corrected chi connectivity index (χ0v) is 8.35. The summed E-state index contributed by atoms with van der Waals surface area (Å²) in [6.45, 7) is -1.51. The van der Waals surface area contributed by atoms with Gasteiger partial charge in [-0.1, -0.05) is 0 Å². The Hall–Kier alpha value is -1.75. The summed E-state index contributed by atoms with van der Waals surface area (Å²) in [6, 6.07) is 0. The van der Waals surface area contributed by atoms with Crippen LogP contribution >= 0.6 is 0 Å². The van der Waals surface area contributed by atoms with E-state index in [-0.39, 0.29) is 17.8 Å². The summed E-state index contributed by atoms with van der Waals surface area (Å²) in [5.74, 6) is 5.09. The van der Waals surface area contributed by atoms with Crippen molar-refractivity contribution in [1.29, 1.82) is 0 Å². The summed E-state index contributed by atoms with van der Waals surface area (Å²) in [4.78, 5) is 12.2. The van der Waals surface area contributed by atoms with Crippen LogP contribution in [-0.4, -0.2) is 50.5 Å². The molecule has 10 nitrogen and oxygen atoms in total. The summed E-state index contributed by atoms with van der Waals surface area (Å²) >= 11 is 0. The fraction of sp³-hybridized carbons (Fsp3) is 0.500. The Labute approximate surface area is 90.7 Å². The van der Waals surface area contributed by atoms with Crippen LogP contribution in [0.3, 0.4) is 0 Å². The Bertz CT molecular complexity index is 345. The second kappa shape index (κ2) is 5.37. The molecule has 1 heterocycles. The van der Waals surface area contributed by atoms with Crippen LogP contribution in [0.5, 0.6) is 0 Å². The van der Waals surface area contributed by atoms with E-state index < -0.39 is 20.2 Å². The molecule has 0 atom stereocenters. The highest BCUT2D eigenvalue weighted by atomic mass is 16.3. The first-order chi connectivity index (χ1) is 7.62. The Morgan fingerprint density at radius 1 is 0.938 bits per heavy atom. The minimum Gasteiger partial charge on any atom is -0.376 e. The van der Waals surface area contributed by atoms with E-state index in [0.29, 0.717) is 0 Å². The largest absolute Gasteiger partial charge is 0.376 e. The Morgan fingerprint density at radius 3 is 2.00 bits per heavy atom. The molecule has 0 fully saturated rings. The number of nitrogens with two attached hydrogens (primary N) is 2. The van der Waals surface area contributed by atoms with Crippen molar-refractivity contribution < 1.29 is 15.3 Å². The van der Waals surface area contributed by atoms with Crippen molar-refractivity contribution in [1.82, 2.24) is 15.0 Å². The number of nitrogens with zero attached hydrogens (tertiary/aromatic N) is 5. The summed E-state index contributed by atoms with van der Waals surface area (Å²) in [5.41, 5.74) is 5.38. The van der Waals surface area contributed by atoms with Crippen LogP contribution < -0.4 is 21.5 Å². The SMILES string of the molecule is Nc1nc(N(N)CO)nc(N(CO)CO)n1. The van der Waals surface area contributed by atoms with Crippen molar-refractivity contribution in [2.45, 2.75) is 0 Å². The van der Waals surface area contributed by atoms with Gasteiger partial charge in [0.15, 0.2) is 0 Å². The molecule has 0 aliphatic carbocycles. The van der Waals surface area contributed by atoms with Gasteiger partial charge in [-0.3, -0.25) is 9.91 Å². The molecule has 0 spiro atoms. The number of rotatable bonds is 5. The van der Waals surface area contributed by atoms with E-state index in [4.69, 9.17) is 26.9 Å². The van der Waals surface area contributed by atoms with E-state index in [1.807, 2.05) is 0 Å². The fourth-order valence-corrected chi connectivity index (χ4v) is 0.874. The summed E-state index contributed by atoms with van der Waals surface area (Å²) in [6.07, 6.45) is 0. The van der Waals surface area contributed by atoms with Crippen LogP contribution in [0.2, 0.25) is 0 Å². The maximum atomic E-state index is 8.89. The molecule has 0 aliphatic rings. The number of aliphatic hydroxyl groups excluding tert-OH is 3. The first-order valence-electron chi connectivity index (χ1n) is 4.23. The minimum absolute atomic E-state index is 0.0450. The zero-order chi connectivity index (χ0) is 12.1. The third-order valence-corrected chi connectivity index (χ3v) is 1.66. The van der Waals surface area contributed by atoms with E-state index in [1.54, 1.807) is 0 Å². The third-order valence-electron chi connectivity index (χ3n) is 1.66. The van der Waals surface area contributed by atoms with Gasteiger partial charge in [-0.2, -0.15) is 15.0 Å². The minimum atomic E-state index is -0.513. The molecule has 16 heavy (non-hydrogen) atoms. The van der Waals surface area contributed by atoms with Gasteiger partial charge in [-0.05, 0) is 0 Å². The average Bonchev–Trinajstić information content (AvgIpc) is 2.29. The van der Waals surface area contributed by atoms with Gasteiger partial charge in [0.1, 0.15) is 20.2 Å². The van der Waals surface area contributed by atoms with Gasteiger partial charge in [0.2, 0.25) is 17.8 Å². The lowest BCUT2D eigenvalue weighted by molar-refractivity contribution is 0.220. The van der Waals surface area contributed by atoms with Crippen molar-refractivity contribution in [3.63, 3.8) is 0 Å². The number of aliphatic hydroxyl groups is 3. The standard InChI is InChI=1S/C6H13N7O3/c7-4-9-5(12(1-14)2-15)11-6(10-4)13(8)3-16/h14-16H,1-3,8H2,(H2,7,9,10,11). The molecule has 7 N–H and O–H groups in total. The molecule has 1 aromatic heterocycles. The molecule has 0 saturated heterocycles. The molecule has 0 aliphatic heterocycles. The second-order valence-electron chi connectivity index (χ2n) is 2.73. The van der Waals surface area contributed by atoms with Crippen molar-refractivity contribution in [2.24, 2.45) is 5.84 Å².